The Morgan fingerprint density at radius 3 is 2.51 bits per heavy atom. The van der Waals surface area contributed by atoms with Gasteiger partial charge in [-0.15, -0.1) is 0 Å². The fourth-order valence-corrected chi connectivity index (χ4v) is 4.21. The highest BCUT2D eigenvalue weighted by atomic mass is 19.4. The summed E-state index contributed by atoms with van der Waals surface area (Å²) in [6, 6.07) is 6.10. The van der Waals surface area contributed by atoms with Crippen LogP contribution in [-0.2, 0) is 36.3 Å². The smallest absolute Gasteiger partial charge is 0.475 e. The first kappa shape index (κ1) is 24.2. The van der Waals surface area contributed by atoms with Gasteiger partial charge in [0.2, 0.25) is 5.91 Å². The van der Waals surface area contributed by atoms with Crippen LogP contribution in [0, 0.1) is 5.92 Å². The Morgan fingerprint density at radius 1 is 1.17 bits per heavy atom. The van der Waals surface area contributed by atoms with E-state index < -0.39 is 12.1 Å². The topological polar surface area (TPSA) is 93.3 Å². The van der Waals surface area contributed by atoms with E-state index in [4.69, 9.17) is 15.0 Å². The fraction of sp³-hybridized carbons (Fsp3) is 0.333. The number of aliphatic carboxylic acids is 1. The molecule has 0 fully saturated rings. The average molecular weight is 487 g/mol. The zero-order chi connectivity index (χ0) is 25.2. The number of carbonyl (C=O) groups excluding carboxylic acids is 1. The van der Waals surface area contributed by atoms with E-state index in [0.717, 1.165) is 40.9 Å². The summed E-state index contributed by atoms with van der Waals surface area (Å²) in [6.07, 6.45) is 8.63. The van der Waals surface area contributed by atoms with Gasteiger partial charge < -0.3 is 14.6 Å². The van der Waals surface area contributed by atoms with Crippen LogP contribution < -0.4 is 0 Å². The van der Waals surface area contributed by atoms with Crippen LogP contribution in [0.2, 0.25) is 0 Å². The number of aromatic nitrogens is 4. The molecule has 8 nitrogen and oxygen atoms in total. The molecule has 35 heavy (non-hydrogen) atoms. The summed E-state index contributed by atoms with van der Waals surface area (Å²) in [4.78, 5) is 28.2. The van der Waals surface area contributed by atoms with E-state index in [0.29, 0.717) is 19.6 Å². The van der Waals surface area contributed by atoms with Crippen molar-refractivity contribution in [2.24, 2.45) is 13.0 Å². The fourth-order valence-electron chi connectivity index (χ4n) is 4.21. The van der Waals surface area contributed by atoms with E-state index >= 15 is 0 Å². The van der Waals surface area contributed by atoms with Crippen LogP contribution in [0.5, 0.6) is 0 Å². The van der Waals surface area contributed by atoms with Crippen molar-refractivity contribution in [2.45, 2.75) is 38.7 Å². The van der Waals surface area contributed by atoms with Crippen molar-refractivity contribution in [2.75, 3.05) is 0 Å². The molecule has 0 saturated heterocycles. The quantitative estimate of drug-likeness (QED) is 0.568. The Balaban J connectivity index is 0.000000364. The molecule has 0 spiro atoms. The Labute approximate surface area is 199 Å². The van der Waals surface area contributed by atoms with Crippen molar-refractivity contribution in [3.8, 4) is 11.3 Å². The molecule has 11 heteroatoms. The molecule has 3 aromatic heterocycles. The maximum absolute atomic E-state index is 13.1. The van der Waals surface area contributed by atoms with Crippen LogP contribution in [0.3, 0.4) is 0 Å². The Morgan fingerprint density at radius 2 is 1.89 bits per heavy atom. The first-order valence-corrected chi connectivity index (χ1v) is 11.0. The molecule has 2 aliphatic rings. The molecule has 5 rings (SSSR count). The van der Waals surface area contributed by atoms with E-state index in [1.807, 2.05) is 28.9 Å². The second-order valence-electron chi connectivity index (χ2n) is 8.49. The zero-order valence-electron chi connectivity index (χ0n) is 18.9. The maximum atomic E-state index is 13.1. The lowest BCUT2D eigenvalue weighted by Crippen LogP contribution is -2.34. The largest absolute Gasteiger partial charge is 0.490 e. The first-order valence-electron chi connectivity index (χ1n) is 11.0. The SMILES string of the molecule is Cn1ccc2c1CN(C(=O)C1CC=CC1)Cc1cn(Cc3cccnc3)nc1-2.O=C(O)C(F)(F)F. The minimum absolute atomic E-state index is 0.0794. The number of nitrogens with zero attached hydrogens (tertiary/aromatic N) is 5. The first-order chi connectivity index (χ1) is 16.6. The highest BCUT2D eigenvalue weighted by molar-refractivity contribution is 5.81. The predicted molar refractivity (Wildman–Crippen MR) is 120 cm³/mol. The summed E-state index contributed by atoms with van der Waals surface area (Å²) in [6.45, 7) is 1.91. The number of carboxylic acid groups (broad SMARTS) is 1. The van der Waals surface area contributed by atoms with Crippen LogP contribution in [0.15, 0.2) is 55.1 Å². The van der Waals surface area contributed by atoms with Crippen molar-refractivity contribution in [1.82, 2.24) is 24.2 Å². The number of pyridine rings is 1. The summed E-state index contributed by atoms with van der Waals surface area (Å²) < 4.78 is 35.8. The molecular weight excluding hydrogens is 463 g/mol. The number of hydrogen-bond acceptors (Lipinski definition) is 4. The van der Waals surface area contributed by atoms with Crippen LogP contribution in [0.4, 0.5) is 13.2 Å². The van der Waals surface area contributed by atoms with Gasteiger partial charge >= 0.3 is 12.1 Å². The number of rotatable bonds is 3. The predicted octanol–water partition coefficient (Wildman–Crippen LogP) is 3.77. The van der Waals surface area contributed by atoms with Gasteiger partial charge in [-0.3, -0.25) is 14.5 Å². The summed E-state index contributed by atoms with van der Waals surface area (Å²) in [7, 11) is 2.04. The second-order valence-corrected chi connectivity index (χ2v) is 8.49. The van der Waals surface area contributed by atoms with E-state index in [9.17, 15) is 18.0 Å². The van der Waals surface area contributed by atoms with E-state index in [1.165, 1.54) is 0 Å². The minimum Gasteiger partial charge on any atom is -0.475 e. The number of halogens is 3. The minimum atomic E-state index is -5.08. The molecule has 0 bridgehead atoms. The molecule has 1 aliphatic carbocycles. The lowest BCUT2D eigenvalue weighted by molar-refractivity contribution is -0.192. The maximum Gasteiger partial charge on any atom is 0.490 e. The monoisotopic (exact) mass is 487 g/mol. The third-order valence-corrected chi connectivity index (χ3v) is 5.97. The van der Waals surface area contributed by atoms with Crippen LogP contribution >= 0.6 is 0 Å². The number of carbonyl (C=O) groups is 2. The number of fused-ring (bicyclic) bond motifs is 3. The number of carboxylic acids is 1. The summed E-state index contributed by atoms with van der Waals surface area (Å²) in [5, 5.41) is 12.0. The average Bonchev–Trinajstić information content (AvgIpc) is 3.53. The van der Waals surface area contributed by atoms with Gasteiger partial charge in [0, 0.05) is 61.1 Å². The number of aryl methyl sites for hydroxylation is 1. The lowest BCUT2D eigenvalue weighted by Gasteiger charge is -2.24. The Bertz CT molecular complexity index is 1240. The molecule has 0 saturated carbocycles. The van der Waals surface area contributed by atoms with Gasteiger partial charge in [0.15, 0.2) is 0 Å². The van der Waals surface area contributed by atoms with Crippen LogP contribution in [0.1, 0.15) is 29.7 Å². The van der Waals surface area contributed by atoms with E-state index in [-0.39, 0.29) is 11.8 Å². The highest BCUT2D eigenvalue weighted by Gasteiger charge is 2.38. The van der Waals surface area contributed by atoms with Gasteiger partial charge in [-0.1, -0.05) is 18.2 Å². The van der Waals surface area contributed by atoms with Crippen molar-refractivity contribution in [3.05, 3.63) is 72.0 Å². The lowest BCUT2D eigenvalue weighted by atomic mass is 10.1. The Hall–Kier alpha value is -3.89. The van der Waals surface area contributed by atoms with Gasteiger partial charge in [0.1, 0.15) is 0 Å². The van der Waals surface area contributed by atoms with Gasteiger partial charge in [-0.2, -0.15) is 18.3 Å². The molecule has 1 amide bonds. The van der Waals surface area contributed by atoms with Crippen molar-refractivity contribution in [1.29, 1.82) is 0 Å². The normalized spacial score (nSPS) is 15.1. The summed E-state index contributed by atoms with van der Waals surface area (Å²) in [5.74, 6) is -2.44. The zero-order valence-corrected chi connectivity index (χ0v) is 18.9. The molecule has 0 aromatic carbocycles. The standard InChI is InChI=1S/C22H23N5O.C2HF3O2/c1-25-10-8-19-20(25)15-26(22(28)17-6-2-3-7-17)13-18-14-27(24-21(18)19)12-16-5-4-9-23-11-16;3-2(4,5)1(6)7/h2-5,8-11,14,17H,6-7,12-13,15H2,1H3;(H,6,7). The van der Waals surface area contributed by atoms with Crippen molar-refractivity contribution < 1.29 is 27.9 Å². The third kappa shape index (κ3) is 5.44. The van der Waals surface area contributed by atoms with Gasteiger partial charge in [-0.25, -0.2) is 4.79 Å². The van der Waals surface area contributed by atoms with Crippen molar-refractivity contribution in [3.63, 3.8) is 0 Å². The molecule has 1 aliphatic heterocycles. The third-order valence-electron chi connectivity index (χ3n) is 5.97. The van der Waals surface area contributed by atoms with Crippen molar-refractivity contribution >= 4 is 11.9 Å². The summed E-state index contributed by atoms with van der Waals surface area (Å²) in [5.41, 5.74) is 5.47. The molecule has 3 aromatic rings. The second kappa shape index (κ2) is 9.77. The molecule has 0 atom stereocenters. The summed E-state index contributed by atoms with van der Waals surface area (Å²) >= 11 is 0. The van der Waals surface area contributed by atoms with E-state index in [1.54, 1.807) is 6.20 Å². The molecule has 4 heterocycles. The van der Waals surface area contributed by atoms with Crippen LogP contribution in [0.25, 0.3) is 11.3 Å². The molecule has 184 valence electrons. The van der Waals surface area contributed by atoms with Crippen LogP contribution in [-0.4, -0.2) is 47.4 Å². The molecule has 0 unspecified atom stereocenters. The highest BCUT2D eigenvalue weighted by Crippen LogP contribution is 2.34. The number of amides is 1. The van der Waals surface area contributed by atoms with E-state index in [2.05, 4.69) is 46.2 Å². The Kier molecular flexibility index (Phi) is 6.77. The van der Waals surface area contributed by atoms with Gasteiger partial charge in [-0.05, 0) is 30.5 Å². The molecule has 0 radical (unpaired) electrons. The molecular formula is C24H24F3N5O3. The number of allylic oxidation sites excluding steroid dienone is 2. The van der Waals surface area contributed by atoms with Gasteiger partial charge in [0.25, 0.3) is 0 Å². The molecule has 1 N–H and O–H groups in total. The number of hydrogen-bond donors (Lipinski definition) is 1. The number of alkyl halides is 3. The van der Waals surface area contributed by atoms with Gasteiger partial charge in [0.05, 0.1) is 18.8 Å².